The van der Waals surface area contributed by atoms with Crippen molar-refractivity contribution < 1.29 is 14.3 Å². The average Bonchev–Trinajstić information content (AvgIpc) is 3.04. The molecule has 0 radical (unpaired) electrons. The van der Waals surface area contributed by atoms with Gasteiger partial charge >= 0.3 is 5.97 Å². The van der Waals surface area contributed by atoms with Crippen LogP contribution in [0.5, 0.6) is 0 Å². The molecule has 0 saturated carbocycles. The highest BCUT2D eigenvalue weighted by atomic mass is 16.5. The Morgan fingerprint density at radius 2 is 1.80 bits per heavy atom. The summed E-state index contributed by atoms with van der Waals surface area (Å²) in [4.78, 5) is 24.3. The van der Waals surface area contributed by atoms with E-state index in [-0.39, 0.29) is 12.3 Å². The van der Waals surface area contributed by atoms with Crippen LogP contribution in [0.1, 0.15) is 35.6 Å². The van der Waals surface area contributed by atoms with E-state index < -0.39 is 12.1 Å². The number of nitrogens with one attached hydrogen (secondary N) is 1. The number of benzene rings is 2. The van der Waals surface area contributed by atoms with E-state index in [1.54, 1.807) is 6.92 Å². The molecule has 25 heavy (non-hydrogen) atoms. The molecule has 0 spiro atoms. The van der Waals surface area contributed by atoms with Crippen LogP contribution < -0.4 is 5.32 Å². The third kappa shape index (κ3) is 4.47. The fraction of sp³-hybridized carbons (Fsp3) is 0.333. The number of aryl methyl sites for hydroxylation is 3. The van der Waals surface area contributed by atoms with Crippen molar-refractivity contribution >= 4 is 17.6 Å². The largest absolute Gasteiger partial charge is 0.452 e. The molecule has 1 atom stereocenters. The van der Waals surface area contributed by atoms with Gasteiger partial charge in [0.1, 0.15) is 0 Å². The predicted molar refractivity (Wildman–Crippen MR) is 97.5 cm³/mol. The lowest BCUT2D eigenvalue weighted by Gasteiger charge is -2.14. The van der Waals surface area contributed by atoms with Crippen molar-refractivity contribution in [3.8, 4) is 0 Å². The smallest absolute Gasteiger partial charge is 0.311 e. The van der Waals surface area contributed by atoms with Gasteiger partial charge < -0.3 is 10.1 Å². The lowest BCUT2D eigenvalue weighted by atomic mass is 10.1. The zero-order chi connectivity index (χ0) is 17.8. The van der Waals surface area contributed by atoms with E-state index in [2.05, 4.69) is 11.4 Å². The van der Waals surface area contributed by atoms with Crippen molar-refractivity contribution in [1.82, 2.24) is 0 Å². The van der Waals surface area contributed by atoms with Crippen LogP contribution in [-0.4, -0.2) is 18.0 Å². The summed E-state index contributed by atoms with van der Waals surface area (Å²) in [6.45, 7) is 3.59. The minimum atomic E-state index is -0.828. The van der Waals surface area contributed by atoms with Gasteiger partial charge in [-0.05, 0) is 61.9 Å². The van der Waals surface area contributed by atoms with E-state index in [0.29, 0.717) is 0 Å². The normalized spacial score (nSPS) is 13.8. The molecule has 1 aliphatic carbocycles. The molecule has 0 aliphatic heterocycles. The standard InChI is InChI=1S/C21H23NO3/c1-14-6-8-16(9-7-14)12-20(23)25-15(2)21(24)22-19-11-10-17-4-3-5-18(17)13-19/h6-11,13,15H,3-5,12H2,1-2H3,(H,22,24)/t15-/m1/s1. The first kappa shape index (κ1) is 17.2. The van der Waals surface area contributed by atoms with Crippen LogP contribution in [0.25, 0.3) is 0 Å². The summed E-state index contributed by atoms with van der Waals surface area (Å²) < 4.78 is 5.26. The van der Waals surface area contributed by atoms with Gasteiger partial charge in [0.25, 0.3) is 5.91 Å². The van der Waals surface area contributed by atoms with E-state index >= 15 is 0 Å². The van der Waals surface area contributed by atoms with Gasteiger partial charge in [-0.25, -0.2) is 0 Å². The van der Waals surface area contributed by atoms with Crippen molar-refractivity contribution in [3.63, 3.8) is 0 Å². The summed E-state index contributed by atoms with van der Waals surface area (Å²) >= 11 is 0. The van der Waals surface area contributed by atoms with Crippen molar-refractivity contribution in [2.24, 2.45) is 0 Å². The summed E-state index contributed by atoms with van der Waals surface area (Å²) in [7, 11) is 0. The first-order valence-electron chi connectivity index (χ1n) is 8.69. The minimum Gasteiger partial charge on any atom is -0.452 e. The molecule has 0 heterocycles. The van der Waals surface area contributed by atoms with Crippen LogP contribution in [0.15, 0.2) is 42.5 Å². The second-order valence-electron chi connectivity index (χ2n) is 6.62. The summed E-state index contributed by atoms with van der Waals surface area (Å²) in [5.74, 6) is -0.712. The monoisotopic (exact) mass is 337 g/mol. The molecule has 0 bridgehead atoms. The topological polar surface area (TPSA) is 55.4 Å². The number of amides is 1. The van der Waals surface area contributed by atoms with Crippen molar-refractivity contribution in [1.29, 1.82) is 0 Å². The zero-order valence-electron chi connectivity index (χ0n) is 14.7. The van der Waals surface area contributed by atoms with E-state index in [0.717, 1.165) is 29.7 Å². The van der Waals surface area contributed by atoms with Crippen LogP contribution in [0.4, 0.5) is 5.69 Å². The number of rotatable bonds is 5. The summed E-state index contributed by atoms with van der Waals surface area (Å²) in [5.41, 5.74) is 5.42. The fourth-order valence-electron chi connectivity index (χ4n) is 3.06. The quantitative estimate of drug-likeness (QED) is 0.848. The first-order chi connectivity index (χ1) is 12.0. The molecule has 130 valence electrons. The van der Waals surface area contributed by atoms with Crippen LogP contribution in [0, 0.1) is 6.92 Å². The van der Waals surface area contributed by atoms with Crippen LogP contribution >= 0.6 is 0 Å². The van der Waals surface area contributed by atoms with E-state index in [9.17, 15) is 9.59 Å². The molecule has 3 rings (SSSR count). The molecule has 1 aliphatic rings. The van der Waals surface area contributed by atoms with Gasteiger partial charge in [0.15, 0.2) is 6.10 Å². The number of anilines is 1. The van der Waals surface area contributed by atoms with Crippen LogP contribution in [-0.2, 0) is 33.6 Å². The molecule has 0 aromatic heterocycles. The maximum absolute atomic E-state index is 12.3. The van der Waals surface area contributed by atoms with Crippen LogP contribution in [0.2, 0.25) is 0 Å². The number of carbonyl (C=O) groups is 2. The van der Waals surface area contributed by atoms with Crippen molar-refractivity contribution in [3.05, 3.63) is 64.7 Å². The van der Waals surface area contributed by atoms with E-state index in [4.69, 9.17) is 4.74 Å². The molecule has 0 fully saturated rings. The van der Waals surface area contributed by atoms with Crippen molar-refractivity contribution in [2.45, 2.75) is 45.6 Å². The maximum atomic E-state index is 12.3. The first-order valence-corrected chi connectivity index (χ1v) is 8.69. The number of carbonyl (C=O) groups excluding carboxylic acids is 2. The number of ether oxygens (including phenoxy) is 1. The molecule has 4 nitrogen and oxygen atoms in total. The molecular formula is C21H23NO3. The molecule has 2 aromatic rings. The Kier molecular flexibility index (Phi) is 5.17. The van der Waals surface area contributed by atoms with Gasteiger partial charge in [0, 0.05) is 5.69 Å². The Morgan fingerprint density at radius 1 is 1.08 bits per heavy atom. The van der Waals surface area contributed by atoms with Crippen LogP contribution in [0.3, 0.4) is 0 Å². The predicted octanol–water partition coefficient (Wildman–Crippen LogP) is 3.60. The van der Waals surface area contributed by atoms with Gasteiger partial charge in [0.2, 0.25) is 0 Å². The highest BCUT2D eigenvalue weighted by Gasteiger charge is 2.19. The second kappa shape index (κ2) is 7.51. The number of esters is 1. The number of hydrogen-bond donors (Lipinski definition) is 1. The summed E-state index contributed by atoms with van der Waals surface area (Å²) in [5, 5.41) is 2.83. The third-order valence-corrected chi connectivity index (χ3v) is 4.51. The lowest BCUT2D eigenvalue weighted by molar-refractivity contribution is -0.152. The van der Waals surface area contributed by atoms with Gasteiger partial charge in [-0.1, -0.05) is 35.9 Å². The third-order valence-electron chi connectivity index (χ3n) is 4.51. The second-order valence-corrected chi connectivity index (χ2v) is 6.62. The minimum absolute atomic E-state index is 0.163. The molecular weight excluding hydrogens is 314 g/mol. The molecule has 2 aromatic carbocycles. The molecule has 4 heteroatoms. The van der Waals surface area contributed by atoms with Gasteiger partial charge in [0.05, 0.1) is 6.42 Å². The number of fused-ring (bicyclic) bond motifs is 1. The Balaban J connectivity index is 1.53. The average molecular weight is 337 g/mol. The van der Waals surface area contributed by atoms with Crippen molar-refractivity contribution in [2.75, 3.05) is 5.32 Å². The Labute approximate surface area is 148 Å². The lowest BCUT2D eigenvalue weighted by Crippen LogP contribution is -2.30. The van der Waals surface area contributed by atoms with Gasteiger partial charge in [-0.2, -0.15) is 0 Å². The molecule has 1 N–H and O–H groups in total. The van der Waals surface area contributed by atoms with E-state index in [1.165, 1.54) is 17.5 Å². The van der Waals surface area contributed by atoms with E-state index in [1.807, 2.05) is 43.3 Å². The Bertz CT molecular complexity index is 780. The Morgan fingerprint density at radius 3 is 2.56 bits per heavy atom. The summed E-state index contributed by atoms with van der Waals surface area (Å²) in [6.07, 6.45) is 2.67. The fourth-order valence-corrected chi connectivity index (χ4v) is 3.06. The maximum Gasteiger partial charge on any atom is 0.311 e. The SMILES string of the molecule is Cc1ccc(CC(=O)O[C@H](C)C(=O)Nc2ccc3c(c2)CCC3)cc1. The highest BCUT2D eigenvalue weighted by Crippen LogP contribution is 2.25. The number of hydrogen-bond acceptors (Lipinski definition) is 3. The molecule has 1 amide bonds. The van der Waals surface area contributed by atoms with Gasteiger partial charge in [-0.15, -0.1) is 0 Å². The zero-order valence-corrected chi connectivity index (χ0v) is 14.7. The molecule has 0 saturated heterocycles. The van der Waals surface area contributed by atoms with Gasteiger partial charge in [-0.3, -0.25) is 9.59 Å². The molecule has 0 unspecified atom stereocenters. The Hall–Kier alpha value is -2.62. The summed E-state index contributed by atoms with van der Waals surface area (Å²) in [6, 6.07) is 13.7. The highest BCUT2D eigenvalue weighted by molar-refractivity contribution is 5.95.